The molecule has 1 atom stereocenters. The first-order chi connectivity index (χ1) is 8.86. The van der Waals surface area contributed by atoms with E-state index in [-0.39, 0.29) is 11.4 Å². The summed E-state index contributed by atoms with van der Waals surface area (Å²) in [6, 6.07) is 1.09. The summed E-state index contributed by atoms with van der Waals surface area (Å²) < 4.78 is 1.36. The molecule has 19 heavy (non-hydrogen) atoms. The Labute approximate surface area is 107 Å². The summed E-state index contributed by atoms with van der Waals surface area (Å²) in [6.45, 7) is 1.57. The third kappa shape index (κ3) is 3.52. The number of nitrogens with zero attached hydrogens (tertiary/aromatic N) is 2. The van der Waals surface area contributed by atoms with Crippen molar-refractivity contribution in [1.82, 2.24) is 9.88 Å². The largest absolute Gasteiger partial charge is 0.479 e. The molecule has 9 heteroatoms. The second-order valence-corrected chi connectivity index (χ2v) is 3.69. The number of aliphatic hydroxyl groups is 1. The number of aliphatic carboxylic acids is 1. The van der Waals surface area contributed by atoms with Gasteiger partial charge in [-0.15, -0.1) is 0 Å². The quantitative estimate of drug-likeness (QED) is 0.475. The van der Waals surface area contributed by atoms with Crippen LogP contribution in [0.15, 0.2) is 12.3 Å². The summed E-state index contributed by atoms with van der Waals surface area (Å²) in [4.78, 5) is 32.1. The number of carboxylic acid groups (broad SMARTS) is 1. The van der Waals surface area contributed by atoms with Crippen molar-refractivity contribution in [3.05, 3.63) is 28.1 Å². The van der Waals surface area contributed by atoms with Crippen LogP contribution in [0.3, 0.4) is 0 Å². The highest BCUT2D eigenvalue weighted by Gasteiger charge is 2.20. The minimum atomic E-state index is -1.72. The van der Waals surface area contributed by atoms with E-state index in [1.165, 1.54) is 10.8 Å². The van der Waals surface area contributed by atoms with Gasteiger partial charge < -0.3 is 20.1 Å². The third-order valence-electron chi connectivity index (χ3n) is 2.41. The average Bonchev–Trinajstić information content (AvgIpc) is 2.79. The van der Waals surface area contributed by atoms with Crippen molar-refractivity contribution < 1.29 is 24.7 Å². The third-order valence-corrected chi connectivity index (χ3v) is 2.41. The van der Waals surface area contributed by atoms with Crippen LogP contribution < -0.4 is 5.32 Å². The van der Waals surface area contributed by atoms with Gasteiger partial charge >= 0.3 is 5.97 Å². The molecule has 0 radical (unpaired) electrons. The Hall–Kier alpha value is -2.42. The van der Waals surface area contributed by atoms with Crippen molar-refractivity contribution in [2.24, 2.45) is 0 Å². The standard InChI is InChI=1S/C10H13N3O6/c1-2-12-5-6(13(18)19)3-7(12)9(15)11-4-8(14)10(16)17/h3,5,8,14H,2,4H2,1H3,(H,11,15)(H,16,17)/t8-/m0/s1. The second-order valence-electron chi connectivity index (χ2n) is 3.69. The van der Waals surface area contributed by atoms with Crippen LogP contribution in [-0.2, 0) is 11.3 Å². The normalized spacial score (nSPS) is 11.9. The lowest BCUT2D eigenvalue weighted by atomic mass is 10.3. The predicted molar refractivity (Wildman–Crippen MR) is 62.7 cm³/mol. The molecule has 0 aliphatic rings. The number of nitrogens with one attached hydrogen (secondary N) is 1. The fourth-order valence-corrected chi connectivity index (χ4v) is 1.41. The number of hydrogen-bond acceptors (Lipinski definition) is 5. The number of hydrogen-bond donors (Lipinski definition) is 3. The van der Waals surface area contributed by atoms with Gasteiger partial charge in [-0.05, 0) is 6.92 Å². The molecule has 0 aliphatic heterocycles. The number of aromatic nitrogens is 1. The van der Waals surface area contributed by atoms with Crippen LogP contribution in [0.4, 0.5) is 5.69 Å². The number of carbonyl (C=O) groups is 2. The lowest BCUT2D eigenvalue weighted by molar-refractivity contribution is -0.384. The molecule has 0 fully saturated rings. The zero-order valence-corrected chi connectivity index (χ0v) is 10.1. The van der Waals surface area contributed by atoms with E-state index in [0.717, 1.165) is 6.07 Å². The van der Waals surface area contributed by atoms with Crippen LogP contribution in [0.25, 0.3) is 0 Å². The number of aryl methyl sites for hydroxylation is 1. The minimum absolute atomic E-state index is 0.0341. The molecule has 1 heterocycles. The van der Waals surface area contributed by atoms with Gasteiger partial charge in [0.25, 0.3) is 11.6 Å². The molecule has 1 aromatic rings. The molecular weight excluding hydrogens is 258 g/mol. The molecular formula is C10H13N3O6. The molecule has 0 aliphatic carbocycles. The molecule has 9 nitrogen and oxygen atoms in total. The number of carbonyl (C=O) groups excluding carboxylic acids is 1. The fourth-order valence-electron chi connectivity index (χ4n) is 1.41. The van der Waals surface area contributed by atoms with E-state index in [1.54, 1.807) is 6.92 Å². The van der Waals surface area contributed by atoms with Gasteiger partial charge in [0.2, 0.25) is 0 Å². The van der Waals surface area contributed by atoms with E-state index in [9.17, 15) is 19.7 Å². The van der Waals surface area contributed by atoms with E-state index in [4.69, 9.17) is 10.2 Å². The Morgan fingerprint density at radius 3 is 2.68 bits per heavy atom. The summed E-state index contributed by atoms with van der Waals surface area (Å²) in [5.74, 6) is -2.15. The highest BCUT2D eigenvalue weighted by molar-refractivity contribution is 5.93. The Balaban J connectivity index is 2.81. The van der Waals surface area contributed by atoms with Gasteiger partial charge in [-0.2, -0.15) is 0 Å². The first kappa shape index (κ1) is 14.6. The molecule has 0 bridgehead atoms. The lowest BCUT2D eigenvalue weighted by Gasteiger charge is -2.08. The number of amides is 1. The van der Waals surface area contributed by atoms with Crippen LogP contribution >= 0.6 is 0 Å². The maximum absolute atomic E-state index is 11.7. The van der Waals surface area contributed by atoms with Crippen molar-refractivity contribution in [3.8, 4) is 0 Å². The maximum atomic E-state index is 11.7. The zero-order chi connectivity index (χ0) is 14.6. The number of nitro groups is 1. The van der Waals surface area contributed by atoms with Crippen LogP contribution in [0, 0.1) is 10.1 Å². The molecule has 0 saturated heterocycles. The van der Waals surface area contributed by atoms with E-state index < -0.39 is 29.4 Å². The molecule has 1 amide bonds. The molecule has 0 aromatic carbocycles. The molecule has 0 spiro atoms. The number of carboxylic acids is 1. The second kappa shape index (κ2) is 5.96. The van der Waals surface area contributed by atoms with Crippen LogP contribution in [0.5, 0.6) is 0 Å². The van der Waals surface area contributed by atoms with Crippen molar-refractivity contribution in [3.63, 3.8) is 0 Å². The van der Waals surface area contributed by atoms with Crippen molar-refractivity contribution in [1.29, 1.82) is 0 Å². The van der Waals surface area contributed by atoms with Crippen molar-refractivity contribution in [2.75, 3.05) is 6.54 Å². The minimum Gasteiger partial charge on any atom is -0.479 e. The first-order valence-electron chi connectivity index (χ1n) is 5.40. The van der Waals surface area contributed by atoms with E-state index in [0.29, 0.717) is 6.54 Å². The number of rotatable bonds is 6. The Kier molecular flexibility index (Phi) is 4.59. The summed E-state index contributed by atoms with van der Waals surface area (Å²) in [5.41, 5.74) is -0.197. The Morgan fingerprint density at radius 1 is 1.58 bits per heavy atom. The fraction of sp³-hybridized carbons (Fsp3) is 0.400. The molecule has 0 unspecified atom stereocenters. The Morgan fingerprint density at radius 2 is 2.21 bits per heavy atom. The SMILES string of the molecule is CCn1cc([N+](=O)[O-])cc1C(=O)NC[C@H](O)C(=O)O. The van der Waals surface area contributed by atoms with Gasteiger partial charge in [-0.1, -0.05) is 0 Å². The van der Waals surface area contributed by atoms with Crippen LogP contribution in [0.2, 0.25) is 0 Å². The maximum Gasteiger partial charge on any atom is 0.334 e. The van der Waals surface area contributed by atoms with Gasteiger partial charge in [-0.3, -0.25) is 14.9 Å². The summed E-state index contributed by atoms with van der Waals surface area (Å²) in [6.07, 6.45) is -0.508. The summed E-state index contributed by atoms with van der Waals surface area (Å²) >= 11 is 0. The predicted octanol–water partition coefficient (Wildman–Crippen LogP) is -0.409. The van der Waals surface area contributed by atoms with Crippen LogP contribution in [-0.4, -0.2) is 44.2 Å². The lowest BCUT2D eigenvalue weighted by Crippen LogP contribution is -2.37. The van der Waals surface area contributed by atoms with Crippen LogP contribution in [0.1, 0.15) is 17.4 Å². The molecule has 1 aromatic heterocycles. The molecule has 104 valence electrons. The molecule has 3 N–H and O–H groups in total. The van der Waals surface area contributed by atoms with Crippen molar-refractivity contribution >= 4 is 17.6 Å². The van der Waals surface area contributed by atoms with E-state index >= 15 is 0 Å². The van der Waals surface area contributed by atoms with Gasteiger partial charge in [0.1, 0.15) is 5.69 Å². The summed E-state index contributed by atoms with van der Waals surface area (Å²) in [7, 11) is 0. The monoisotopic (exact) mass is 271 g/mol. The highest BCUT2D eigenvalue weighted by atomic mass is 16.6. The molecule has 0 saturated carbocycles. The Bertz CT molecular complexity index is 509. The van der Waals surface area contributed by atoms with E-state index in [1.807, 2.05) is 0 Å². The molecule has 1 rings (SSSR count). The van der Waals surface area contributed by atoms with Gasteiger partial charge in [0.05, 0.1) is 17.7 Å². The topological polar surface area (TPSA) is 135 Å². The van der Waals surface area contributed by atoms with Crippen molar-refractivity contribution in [2.45, 2.75) is 19.6 Å². The van der Waals surface area contributed by atoms with Gasteiger partial charge in [0, 0.05) is 12.6 Å². The zero-order valence-electron chi connectivity index (χ0n) is 10.1. The van der Waals surface area contributed by atoms with Gasteiger partial charge in [0.15, 0.2) is 6.10 Å². The van der Waals surface area contributed by atoms with E-state index in [2.05, 4.69) is 5.32 Å². The highest BCUT2D eigenvalue weighted by Crippen LogP contribution is 2.16. The summed E-state index contributed by atoms with van der Waals surface area (Å²) in [5, 5.41) is 30.3. The first-order valence-corrected chi connectivity index (χ1v) is 5.40. The van der Waals surface area contributed by atoms with Gasteiger partial charge in [-0.25, -0.2) is 4.79 Å². The smallest absolute Gasteiger partial charge is 0.334 e. The average molecular weight is 271 g/mol. The number of aliphatic hydroxyl groups excluding tert-OH is 1.